The lowest BCUT2D eigenvalue weighted by Gasteiger charge is -2.18. The Morgan fingerprint density at radius 2 is 1.07 bits per heavy atom. The second-order valence-corrected chi connectivity index (χ2v) is 8.19. The molecule has 146 valence electrons. The number of benzene rings is 3. The van der Waals surface area contributed by atoms with Gasteiger partial charge >= 0.3 is 0 Å². The molecule has 0 saturated heterocycles. The van der Waals surface area contributed by atoms with Crippen LogP contribution >= 0.6 is 0 Å². The first kappa shape index (κ1) is 19.5. The maximum atomic E-state index is 9.06. The Kier molecular flexibility index (Phi) is 5.12. The summed E-state index contributed by atoms with van der Waals surface area (Å²) in [6.45, 7) is 6.27. The van der Waals surface area contributed by atoms with Gasteiger partial charge in [-0.15, -0.1) is 0 Å². The molecule has 0 N–H and O–H groups in total. The summed E-state index contributed by atoms with van der Waals surface area (Å²) in [6, 6.07) is 28.0. The van der Waals surface area contributed by atoms with Crippen molar-refractivity contribution in [2.75, 3.05) is 0 Å². The quantitative estimate of drug-likeness (QED) is 0.428. The fourth-order valence-electron chi connectivity index (χ4n) is 3.11. The molecule has 1 aromatic heterocycles. The van der Waals surface area contributed by atoms with E-state index in [-0.39, 0.29) is 5.41 Å². The molecule has 0 saturated carbocycles. The minimum atomic E-state index is -0.219. The van der Waals surface area contributed by atoms with Crippen LogP contribution in [0.15, 0.2) is 78.9 Å². The monoisotopic (exact) mass is 390 g/mol. The summed E-state index contributed by atoms with van der Waals surface area (Å²) in [5, 5.41) is 9.06. The second kappa shape index (κ2) is 7.88. The molecule has 0 spiro atoms. The zero-order valence-corrected chi connectivity index (χ0v) is 17.3. The lowest BCUT2D eigenvalue weighted by molar-refractivity contribution is 0.543. The van der Waals surface area contributed by atoms with E-state index in [0.717, 1.165) is 22.5 Å². The average Bonchev–Trinajstić information content (AvgIpc) is 2.79. The highest BCUT2D eigenvalue weighted by atomic mass is 15.0. The van der Waals surface area contributed by atoms with Crippen molar-refractivity contribution in [3.05, 3.63) is 90.3 Å². The van der Waals surface area contributed by atoms with Gasteiger partial charge in [0.05, 0.1) is 11.6 Å². The highest BCUT2D eigenvalue weighted by molar-refractivity contribution is 5.68. The molecule has 4 heteroatoms. The van der Waals surface area contributed by atoms with Crippen LogP contribution < -0.4 is 0 Å². The van der Waals surface area contributed by atoms with Crippen molar-refractivity contribution in [2.24, 2.45) is 0 Å². The van der Waals surface area contributed by atoms with Gasteiger partial charge in [0.2, 0.25) is 0 Å². The Morgan fingerprint density at radius 3 is 1.57 bits per heavy atom. The van der Waals surface area contributed by atoms with Gasteiger partial charge in [0.25, 0.3) is 0 Å². The standard InChI is InChI=1S/C26H22N4/c1-26(2,3)25-29-23(21-11-9-18(17-27)10-12-21)28-24(30-25)22-15-13-20(14-16-22)19-7-5-4-6-8-19/h4-16H,1-3H3. The molecule has 4 nitrogen and oxygen atoms in total. The van der Waals surface area contributed by atoms with Crippen LogP contribution in [0.3, 0.4) is 0 Å². The summed E-state index contributed by atoms with van der Waals surface area (Å²) in [4.78, 5) is 14.2. The number of hydrogen-bond donors (Lipinski definition) is 0. The average molecular weight is 390 g/mol. The molecule has 0 aliphatic heterocycles. The van der Waals surface area contributed by atoms with Crippen molar-refractivity contribution in [1.29, 1.82) is 5.26 Å². The Bertz CT molecular complexity index is 1200. The minimum absolute atomic E-state index is 0.219. The number of aromatic nitrogens is 3. The van der Waals surface area contributed by atoms with Crippen LogP contribution in [0.4, 0.5) is 0 Å². The highest BCUT2D eigenvalue weighted by Gasteiger charge is 2.21. The van der Waals surface area contributed by atoms with Crippen molar-refractivity contribution in [3.8, 4) is 40.0 Å². The zero-order chi connectivity index (χ0) is 21.1. The first-order valence-corrected chi connectivity index (χ1v) is 9.87. The van der Waals surface area contributed by atoms with Gasteiger partial charge in [-0.05, 0) is 35.4 Å². The van der Waals surface area contributed by atoms with Crippen molar-refractivity contribution in [3.63, 3.8) is 0 Å². The molecule has 0 bridgehead atoms. The number of nitriles is 1. The summed E-state index contributed by atoms with van der Waals surface area (Å²) in [7, 11) is 0. The van der Waals surface area contributed by atoms with E-state index in [1.54, 1.807) is 12.1 Å². The minimum Gasteiger partial charge on any atom is -0.212 e. The summed E-state index contributed by atoms with van der Waals surface area (Å²) in [5.74, 6) is 1.99. The fraction of sp³-hybridized carbons (Fsp3) is 0.154. The van der Waals surface area contributed by atoms with Gasteiger partial charge in [-0.1, -0.05) is 75.4 Å². The first-order valence-electron chi connectivity index (χ1n) is 9.87. The molecule has 0 aliphatic rings. The molecular formula is C26H22N4. The van der Waals surface area contributed by atoms with Gasteiger partial charge in [-0.3, -0.25) is 0 Å². The van der Waals surface area contributed by atoms with Crippen molar-refractivity contribution >= 4 is 0 Å². The van der Waals surface area contributed by atoms with Gasteiger partial charge in [0.15, 0.2) is 11.6 Å². The highest BCUT2D eigenvalue weighted by Crippen LogP contribution is 2.27. The molecule has 0 fully saturated rings. The van der Waals surface area contributed by atoms with Crippen LogP contribution in [0, 0.1) is 11.3 Å². The second-order valence-electron chi connectivity index (χ2n) is 8.19. The SMILES string of the molecule is CC(C)(C)c1nc(-c2ccc(C#N)cc2)nc(-c2ccc(-c3ccccc3)cc2)n1. The van der Waals surface area contributed by atoms with E-state index in [4.69, 9.17) is 20.2 Å². The van der Waals surface area contributed by atoms with Crippen LogP contribution in [0.1, 0.15) is 32.2 Å². The van der Waals surface area contributed by atoms with E-state index in [2.05, 4.69) is 51.1 Å². The van der Waals surface area contributed by atoms with Crippen molar-refractivity contribution in [2.45, 2.75) is 26.2 Å². The topological polar surface area (TPSA) is 62.5 Å². The lowest BCUT2D eigenvalue weighted by Crippen LogP contribution is -2.18. The predicted octanol–water partition coefficient (Wildman–Crippen LogP) is 6.04. The Labute approximate surface area is 176 Å². The van der Waals surface area contributed by atoms with E-state index in [1.165, 1.54) is 5.56 Å². The number of hydrogen-bond acceptors (Lipinski definition) is 4. The lowest BCUT2D eigenvalue weighted by atomic mass is 9.95. The van der Waals surface area contributed by atoms with Crippen LogP contribution in [-0.4, -0.2) is 15.0 Å². The van der Waals surface area contributed by atoms with Crippen molar-refractivity contribution in [1.82, 2.24) is 15.0 Å². The van der Waals surface area contributed by atoms with Gasteiger partial charge in [0.1, 0.15) is 5.82 Å². The summed E-state index contributed by atoms with van der Waals surface area (Å²) < 4.78 is 0. The summed E-state index contributed by atoms with van der Waals surface area (Å²) >= 11 is 0. The third kappa shape index (κ3) is 4.11. The predicted molar refractivity (Wildman–Crippen MR) is 120 cm³/mol. The van der Waals surface area contributed by atoms with E-state index < -0.39 is 0 Å². The molecule has 4 rings (SSSR count). The molecule has 30 heavy (non-hydrogen) atoms. The van der Waals surface area contributed by atoms with Crippen LogP contribution in [0.25, 0.3) is 33.9 Å². The molecular weight excluding hydrogens is 368 g/mol. The van der Waals surface area contributed by atoms with Gasteiger partial charge in [0, 0.05) is 16.5 Å². The van der Waals surface area contributed by atoms with Gasteiger partial charge in [-0.2, -0.15) is 5.26 Å². The fourth-order valence-corrected chi connectivity index (χ4v) is 3.11. The first-order chi connectivity index (χ1) is 14.4. The molecule has 0 unspecified atom stereocenters. The number of nitrogens with zero attached hydrogens (tertiary/aromatic N) is 4. The van der Waals surface area contributed by atoms with Crippen LogP contribution in [-0.2, 0) is 5.41 Å². The largest absolute Gasteiger partial charge is 0.212 e. The van der Waals surface area contributed by atoms with Gasteiger partial charge < -0.3 is 0 Å². The molecule has 0 radical (unpaired) electrons. The Morgan fingerprint density at radius 1 is 0.600 bits per heavy atom. The Balaban J connectivity index is 1.78. The van der Waals surface area contributed by atoms with Crippen LogP contribution in [0.2, 0.25) is 0 Å². The van der Waals surface area contributed by atoms with E-state index in [9.17, 15) is 0 Å². The molecule has 1 heterocycles. The van der Waals surface area contributed by atoms with E-state index in [1.807, 2.05) is 42.5 Å². The molecule has 0 amide bonds. The third-order valence-corrected chi connectivity index (χ3v) is 4.83. The summed E-state index contributed by atoms with van der Waals surface area (Å²) in [5.41, 5.74) is 4.52. The van der Waals surface area contributed by atoms with Crippen LogP contribution in [0.5, 0.6) is 0 Å². The molecule has 3 aromatic carbocycles. The van der Waals surface area contributed by atoms with Crippen molar-refractivity contribution < 1.29 is 0 Å². The zero-order valence-electron chi connectivity index (χ0n) is 17.3. The third-order valence-electron chi connectivity index (χ3n) is 4.83. The van der Waals surface area contributed by atoms with Gasteiger partial charge in [-0.25, -0.2) is 15.0 Å². The summed E-state index contributed by atoms with van der Waals surface area (Å²) in [6.07, 6.45) is 0. The molecule has 4 aromatic rings. The number of rotatable bonds is 3. The maximum absolute atomic E-state index is 9.06. The van der Waals surface area contributed by atoms with E-state index in [0.29, 0.717) is 17.2 Å². The van der Waals surface area contributed by atoms with E-state index >= 15 is 0 Å². The molecule has 0 aliphatic carbocycles. The Hall–Kier alpha value is -3.84. The normalized spacial score (nSPS) is 11.1. The smallest absolute Gasteiger partial charge is 0.163 e. The molecule has 0 atom stereocenters. The maximum Gasteiger partial charge on any atom is 0.163 e.